The number of imidazole rings is 1. The summed E-state index contributed by atoms with van der Waals surface area (Å²) in [6.45, 7) is 1.32. The normalized spacial score (nSPS) is 20.7. The molecule has 3 N–H and O–H groups in total. The number of rotatable bonds is 3. The van der Waals surface area contributed by atoms with Crippen molar-refractivity contribution in [3.8, 4) is 0 Å². The quantitative estimate of drug-likeness (QED) is 0.642. The monoisotopic (exact) mass is 209 g/mol. The molecule has 1 aromatic rings. The first-order valence-electron chi connectivity index (χ1n) is 5.25. The predicted octanol–water partition coefficient (Wildman–Crippen LogP) is -0.784. The number of hydrogen-bond donors (Lipinski definition) is 2. The second kappa shape index (κ2) is 4.02. The molecule has 1 fully saturated rings. The maximum Gasteiger partial charge on any atom is 0.355 e. The van der Waals surface area contributed by atoms with Crippen LogP contribution < -0.4 is 15.6 Å². The van der Waals surface area contributed by atoms with Crippen LogP contribution in [0.2, 0.25) is 0 Å². The van der Waals surface area contributed by atoms with Gasteiger partial charge in [-0.1, -0.05) is 0 Å². The summed E-state index contributed by atoms with van der Waals surface area (Å²) in [6, 6.07) is 0.0251. The standard InChI is InChI=1S/C10H16N4O/c1-13-5-6-14(10(13)11)7-9(15)8-3-2-4-12-8/h5-6,8,11-12H,2-4,7H2,1H3/p+1. The number of aromatic nitrogens is 2. The summed E-state index contributed by atoms with van der Waals surface area (Å²) in [6.07, 6.45) is 5.73. The van der Waals surface area contributed by atoms with Gasteiger partial charge in [0.1, 0.15) is 6.54 Å². The molecular formula is C10H17N4O+. The first kappa shape index (κ1) is 10.2. The van der Waals surface area contributed by atoms with E-state index >= 15 is 0 Å². The molecule has 1 unspecified atom stereocenters. The van der Waals surface area contributed by atoms with Crippen molar-refractivity contribution in [3.05, 3.63) is 12.4 Å². The number of nitrogens with zero attached hydrogens (tertiary/aromatic N) is 2. The molecule has 0 bridgehead atoms. The lowest BCUT2D eigenvalue weighted by molar-refractivity contribution is -0.656. The molecule has 1 aromatic heterocycles. The summed E-state index contributed by atoms with van der Waals surface area (Å²) < 4.78 is 3.58. The molecular weight excluding hydrogens is 192 g/mol. The molecule has 1 aliphatic rings. The van der Waals surface area contributed by atoms with E-state index in [0.29, 0.717) is 12.5 Å². The number of carbonyl (C=O) groups excluding carboxylic acids is 1. The Morgan fingerprint density at radius 2 is 2.60 bits per heavy atom. The third-order valence-electron chi connectivity index (χ3n) is 2.90. The zero-order valence-electron chi connectivity index (χ0n) is 8.94. The molecule has 2 heterocycles. The number of carbonyl (C=O) groups is 1. The highest BCUT2D eigenvalue weighted by Gasteiger charge is 2.24. The lowest BCUT2D eigenvalue weighted by Gasteiger charge is -2.07. The fourth-order valence-electron chi connectivity index (χ4n) is 1.91. The van der Waals surface area contributed by atoms with Crippen LogP contribution in [0.1, 0.15) is 12.8 Å². The maximum atomic E-state index is 11.8. The molecule has 5 nitrogen and oxygen atoms in total. The number of anilines is 1. The summed E-state index contributed by atoms with van der Waals surface area (Å²) in [5.74, 6) is 0.830. The zero-order valence-corrected chi connectivity index (χ0v) is 8.94. The average molecular weight is 209 g/mol. The average Bonchev–Trinajstić information content (AvgIpc) is 2.83. The summed E-state index contributed by atoms with van der Waals surface area (Å²) in [5.41, 5.74) is 5.80. The fraction of sp³-hybridized carbons (Fsp3) is 0.600. The van der Waals surface area contributed by atoms with E-state index in [2.05, 4.69) is 5.32 Å². The van der Waals surface area contributed by atoms with Gasteiger partial charge in [-0.2, -0.15) is 0 Å². The molecule has 15 heavy (non-hydrogen) atoms. The van der Waals surface area contributed by atoms with E-state index in [1.54, 1.807) is 9.13 Å². The van der Waals surface area contributed by atoms with E-state index < -0.39 is 0 Å². The predicted molar refractivity (Wildman–Crippen MR) is 56.1 cm³/mol. The SMILES string of the molecule is C[n+]1ccn(CC(=O)C2CCCN2)c1N. The molecule has 1 atom stereocenters. The van der Waals surface area contributed by atoms with Gasteiger partial charge in [-0.3, -0.25) is 10.5 Å². The second-order valence-electron chi connectivity index (χ2n) is 4.01. The Hall–Kier alpha value is -1.36. The van der Waals surface area contributed by atoms with Crippen LogP contribution in [-0.4, -0.2) is 22.9 Å². The van der Waals surface area contributed by atoms with Crippen LogP contribution in [0.15, 0.2) is 12.4 Å². The van der Waals surface area contributed by atoms with E-state index in [1.807, 2.05) is 19.4 Å². The topological polar surface area (TPSA) is 63.9 Å². The van der Waals surface area contributed by atoms with Gasteiger partial charge in [0.15, 0.2) is 5.78 Å². The van der Waals surface area contributed by atoms with Crippen LogP contribution in [0, 0.1) is 0 Å². The van der Waals surface area contributed by atoms with Crippen molar-refractivity contribution < 1.29 is 9.36 Å². The number of aryl methyl sites for hydroxylation is 1. The molecule has 1 aliphatic heterocycles. The highest BCUT2D eigenvalue weighted by molar-refractivity contribution is 5.84. The van der Waals surface area contributed by atoms with E-state index in [4.69, 9.17) is 5.73 Å². The van der Waals surface area contributed by atoms with Gasteiger partial charge in [-0.05, 0) is 19.4 Å². The van der Waals surface area contributed by atoms with Crippen molar-refractivity contribution in [2.75, 3.05) is 12.3 Å². The van der Waals surface area contributed by atoms with Crippen LogP contribution in [0.4, 0.5) is 5.95 Å². The molecule has 0 aromatic carbocycles. The molecule has 1 saturated heterocycles. The van der Waals surface area contributed by atoms with Gasteiger partial charge in [-0.25, -0.2) is 9.13 Å². The largest absolute Gasteiger partial charge is 0.355 e. The number of Topliss-reactive ketones (excluding diaryl/α,β-unsaturated/α-hetero) is 1. The van der Waals surface area contributed by atoms with Crippen molar-refractivity contribution in [1.29, 1.82) is 0 Å². The van der Waals surface area contributed by atoms with Crippen LogP contribution in [-0.2, 0) is 18.4 Å². The number of nitrogens with two attached hydrogens (primary N) is 1. The van der Waals surface area contributed by atoms with Crippen molar-refractivity contribution in [1.82, 2.24) is 9.88 Å². The van der Waals surface area contributed by atoms with Gasteiger partial charge in [0.2, 0.25) is 0 Å². The molecule has 0 saturated carbocycles. The molecule has 0 aliphatic carbocycles. The number of nitrogens with one attached hydrogen (secondary N) is 1. The van der Waals surface area contributed by atoms with Crippen LogP contribution in [0.5, 0.6) is 0 Å². The Morgan fingerprint density at radius 3 is 3.13 bits per heavy atom. The molecule has 5 heteroatoms. The molecule has 0 spiro atoms. The summed E-state index contributed by atoms with van der Waals surface area (Å²) in [7, 11) is 1.87. The molecule has 82 valence electrons. The maximum absolute atomic E-state index is 11.8. The lowest BCUT2D eigenvalue weighted by Crippen LogP contribution is -2.35. The minimum absolute atomic E-state index is 0.0251. The van der Waals surface area contributed by atoms with Gasteiger partial charge < -0.3 is 5.32 Å². The van der Waals surface area contributed by atoms with Gasteiger partial charge in [0, 0.05) is 0 Å². The smallest absolute Gasteiger partial charge is 0.307 e. The summed E-state index contributed by atoms with van der Waals surface area (Å²) in [4.78, 5) is 11.8. The summed E-state index contributed by atoms with van der Waals surface area (Å²) in [5, 5.41) is 3.19. The van der Waals surface area contributed by atoms with E-state index in [9.17, 15) is 4.79 Å². The van der Waals surface area contributed by atoms with Crippen LogP contribution in [0.3, 0.4) is 0 Å². The van der Waals surface area contributed by atoms with E-state index in [1.165, 1.54) is 0 Å². The Labute approximate surface area is 88.9 Å². The Morgan fingerprint density at radius 1 is 1.80 bits per heavy atom. The summed E-state index contributed by atoms with van der Waals surface area (Å²) >= 11 is 0. The minimum Gasteiger partial charge on any atom is -0.307 e. The lowest BCUT2D eigenvalue weighted by atomic mass is 10.1. The third kappa shape index (κ3) is 2.02. The van der Waals surface area contributed by atoms with Crippen LogP contribution >= 0.6 is 0 Å². The Bertz CT molecular complexity index is 365. The molecule has 2 rings (SSSR count). The number of hydrogen-bond acceptors (Lipinski definition) is 3. The minimum atomic E-state index is 0.0251. The van der Waals surface area contributed by atoms with Crippen molar-refractivity contribution in [2.24, 2.45) is 7.05 Å². The highest BCUT2D eigenvalue weighted by Crippen LogP contribution is 2.08. The fourth-order valence-corrected chi connectivity index (χ4v) is 1.91. The van der Waals surface area contributed by atoms with Crippen LogP contribution in [0.25, 0.3) is 0 Å². The van der Waals surface area contributed by atoms with Crippen molar-refractivity contribution >= 4 is 11.7 Å². The van der Waals surface area contributed by atoms with Crippen molar-refractivity contribution in [3.63, 3.8) is 0 Å². The highest BCUT2D eigenvalue weighted by atomic mass is 16.1. The second-order valence-corrected chi connectivity index (χ2v) is 4.01. The van der Waals surface area contributed by atoms with Gasteiger partial charge in [0.05, 0.1) is 25.5 Å². The van der Waals surface area contributed by atoms with Gasteiger partial charge in [0.25, 0.3) is 0 Å². The number of ketones is 1. The third-order valence-corrected chi connectivity index (χ3v) is 2.90. The Balaban J connectivity index is 2.02. The first-order valence-corrected chi connectivity index (χ1v) is 5.25. The van der Waals surface area contributed by atoms with Gasteiger partial charge in [-0.15, -0.1) is 0 Å². The molecule has 0 radical (unpaired) electrons. The van der Waals surface area contributed by atoms with E-state index in [-0.39, 0.29) is 11.8 Å². The van der Waals surface area contributed by atoms with E-state index in [0.717, 1.165) is 19.4 Å². The first-order chi connectivity index (χ1) is 7.18. The molecule has 0 amide bonds. The van der Waals surface area contributed by atoms with Crippen molar-refractivity contribution in [2.45, 2.75) is 25.4 Å². The Kier molecular flexibility index (Phi) is 2.73. The van der Waals surface area contributed by atoms with Gasteiger partial charge >= 0.3 is 5.95 Å². The zero-order chi connectivity index (χ0) is 10.8. The number of nitrogen functional groups attached to an aromatic ring is 1.